The summed E-state index contributed by atoms with van der Waals surface area (Å²) in [4.78, 5) is 0. The van der Waals surface area contributed by atoms with Gasteiger partial charge in [-0.3, -0.25) is 0 Å². The lowest BCUT2D eigenvalue weighted by Crippen LogP contribution is -2.53. The van der Waals surface area contributed by atoms with Crippen LogP contribution in [0.25, 0.3) is 0 Å². The second kappa shape index (κ2) is 6.16. The molecule has 1 aliphatic heterocycles. The van der Waals surface area contributed by atoms with Gasteiger partial charge in [0.05, 0.1) is 11.3 Å². The highest BCUT2D eigenvalue weighted by atomic mass is 16.6. The molecule has 0 amide bonds. The van der Waals surface area contributed by atoms with E-state index in [9.17, 15) is 15.4 Å². The Morgan fingerprint density at radius 1 is 1.22 bits per heavy atom. The van der Waals surface area contributed by atoms with Crippen LogP contribution in [0.2, 0.25) is 0 Å². The Labute approximate surface area is 160 Å². The van der Waals surface area contributed by atoms with Gasteiger partial charge in [-0.15, -0.1) is 0 Å². The maximum absolute atomic E-state index is 10.1. The Morgan fingerprint density at radius 2 is 2.07 bits per heavy atom. The van der Waals surface area contributed by atoms with E-state index in [1.807, 2.05) is 6.08 Å². The maximum atomic E-state index is 10.1. The lowest BCUT2D eigenvalue weighted by atomic mass is 9.49. The molecule has 0 aromatic heterocycles. The Balaban J connectivity index is 1.48. The summed E-state index contributed by atoms with van der Waals surface area (Å²) in [7, 11) is 0. The van der Waals surface area contributed by atoms with E-state index >= 15 is 0 Å². The number of aliphatic hydroxyl groups is 2. The Kier molecular flexibility index (Phi) is 4.09. The second-order valence-electron chi connectivity index (χ2n) is 9.68. The minimum absolute atomic E-state index is 0.0652. The van der Waals surface area contributed by atoms with Crippen LogP contribution < -0.4 is 0 Å². The van der Waals surface area contributed by atoms with Crippen molar-refractivity contribution in [2.45, 2.75) is 63.8 Å². The van der Waals surface area contributed by atoms with Gasteiger partial charge in [0.1, 0.15) is 0 Å². The van der Waals surface area contributed by atoms with E-state index < -0.39 is 6.29 Å². The zero-order valence-corrected chi connectivity index (χ0v) is 16.1. The third-order valence-corrected chi connectivity index (χ3v) is 8.90. The normalized spacial score (nSPS) is 52.6. The molecule has 5 nitrogen and oxygen atoms in total. The van der Waals surface area contributed by atoms with Crippen LogP contribution in [-0.2, 0) is 4.74 Å². The van der Waals surface area contributed by atoms with E-state index in [1.54, 1.807) is 0 Å². The molecule has 0 bridgehead atoms. The van der Waals surface area contributed by atoms with E-state index in [4.69, 9.17) is 4.74 Å². The summed E-state index contributed by atoms with van der Waals surface area (Å²) in [6.45, 7) is 2.55. The summed E-state index contributed by atoms with van der Waals surface area (Å²) in [5.41, 5.74) is 1.84. The highest BCUT2D eigenvalue weighted by Crippen LogP contribution is 2.67. The molecule has 1 heterocycles. The van der Waals surface area contributed by atoms with Gasteiger partial charge in [0.15, 0.2) is 6.29 Å². The minimum atomic E-state index is -0.765. The molecule has 0 saturated heterocycles. The lowest BCUT2D eigenvalue weighted by Gasteiger charge is -2.57. The van der Waals surface area contributed by atoms with Crippen LogP contribution >= 0.6 is 0 Å². The van der Waals surface area contributed by atoms with Crippen LogP contribution in [0.3, 0.4) is 0 Å². The van der Waals surface area contributed by atoms with E-state index in [0.717, 1.165) is 44.2 Å². The van der Waals surface area contributed by atoms with Crippen LogP contribution in [0.15, 0.2) is 29.0 Å². The van der Waals surface area contributed by atoms with Gasteiger partial charge in [-0.1, -0.05) is 23.7 Å². The van der Waals surface area contributed by atoms with Crippen LogP contribution in [0.1, 0.15) is 51.9 Å². The van der Waals surface area contributed by atoms with Gasteiger partial charge in [0.2, 0.25) is 0 Å². The molecule has 0 aromatic carbocycles. The van der Waals surface area contributed by atoms with E-state index in [-0.39, 0.29) is 23.5 Å². The van der Waals surface area contributed by atoms with E-state index in [0.29, 0.717) is 23.7 Å². The average Bonchev–Trinajstić information content (AvgIpc) is 3.21. The third kappa shape index (κ3) is 2.37. The number of fused-ring (bicyclic) bond motifs is 6. The first-order chi connectivity index (χ1) is 13.0. The van der Waals surface area contributed by atoms with Crippen molar-refractivity contribution >= 4 is 5.71 Å². The summed E-state index contributed by atoms with van der Waals surface area (Å²) >= 11 is 0. The minimum Gasteiger partial charge on any atom is -0.411 e. The van der Waals surface area contributed by atoms with E-state index in [1.165, 1.54) is 12.0 Å². The highest BCUT2D eigenvalue weighted by Gasteiger charge is 2.64. The second-order valence-corrected chi connectivity index (χ2v) is 9.68. The van der Waals surface area contributed by atoms with Crippen molar-refractivity contribution in [1.29, 1.82) is 0 Å². The molecule has 0 aromatic rings. The van der Waals surface area contributed by atoms with Gasteiger partial charge in [-0.2, -0.15) is 0 Å². The zero-order valence-electron chi connectivity index (χ0n) is 16.1. The number of oxime groups is 1. The topological polar surface area (TPSA) is 82.3 Å². The SMILES string of the molecule is C[C@]12CCC3C(C[C@@H](CO)C4=C/C(=N/O)CC[C@@H]43)C1CC[C@@]21C=CC(O)O1. The Morgan fingerprint density at radius 3 is 2.78 bits per heavy atom. The number of hydrogen-bond donors (Lipinski definition) is 3. The first-order valence-corrected chi connectivity index (χ1v) is 10.6. The molecule has 5 rings (SSSR count). The van der Waals surface area contributed by atoms with Gasteiger partial charge in [-0.25, -0.2) is 0 Å². The molecule has 5 heteroatoms. The van der Waals surface area contributed by atoms with Crippen molar-refractivity contribution in [3.8, 4) is 0 Å². The van der Waals surface area contributed by atoms with Gasteiger partial charge in [0.25, 0.3) is 0 Å². The average molecular weight is 373 g/mol. The zero-order chi connectivity index (χ0) is 18.8. The molecule has 5 aliphatic rings. The van der Waals surface area contributed by atoms with Crippen LogP contribution in [0, 0.1) is 35.0 Å². The van der Waals surface area contributed by atoms with Crippen molar-refractivity contribution in [3.05, 3.63) is 23.8 Å². The number of hydrogen-bond acceptors (Lipinski definition) is 5. The largest absolute Gasteiger partial charge is 0.411 e. The predicted molar refractivity (Wildman–Crippen MR) is 101 cm³/mol. The van der Waals surface area contributed by atoms with Crippen LogP contribution in [0.5, 0.6) is 0 Å². The first-order valence-electron chi connectivity index (χ1n) is 10.6. The summed E-state index contributed by atoms with van der Waals surface area (Å²) in [5, 5.41) is 32.8. The van der Waals surface area contributed by atoms with Crippen molar-refractivity contribution in [2.75, 3.05) is 6.61 Å². The smallest absolute Gasteiger partial charge is 0.175 e. The number of allylic oxidation sites excluding steroid dienone is 1. The van der Waals surface area contributed by atoms with Gasteiger partial charge in [0, 0.05) is 17.9 Å². The fourth-order valence-corrected chi connectivity index (χ4v) is 7.64. The van der Waals surface area contributed by atoms with E-state index in [2.05, 4.69) is 24.2 Å². The fraction of sp³-hybridized carbons (Fsp3) is 0.773. The fourth-order valence-electron chi connectivity index (χ4n) is 7.64. The molecule has 0 radical (unpaired) electrons. The van der Waals surface area contributed by atoms with Gasteiger partial charge >= 0.3 is 0 Å². The Hall–Kier alpha value is -1.17. The molecular weight excluding hydrogens is 342 g/mol. The highest BCUT2D eigenvalue weighted by molar-refractivity contribution is 5.96. The number of rotatable bonds is 1. The van der Waals surface area contributed by atoms with Crippen molar-refractivity contribution in [3.63, 3.8) is 0 Å². The summed E-state index contributed by atoms with van der Waals surface area (Å²) < 4.78 is 6.09. The molecule has 8 atom stereocenters. The van der Waals surface area contributed by atoms with Crippen LogP contribution in [-0.4, -0.2) is 39.6 Å². The maximum Gasteiger partial charge on any atom is 0.175 e. The molecular formula is C22H31NO4. The first kappa shape index (κ1) is 17.9. The number of aliphatic hydroxyl groups excluding tert-OH is 2. The molecule has 148 valence electrons. The number of nitrogens with zero attached hydrogens (tertiary/aromatic N) is 1. The summed E-state index contributed by atoms with van der Waals surface area (Å²) in [5.74, 6) is 2.53. The molecule has 1 spiro atoms. The monoisotopic (exact) mass is 373 g/mol. The van der Waals surface area contributed by atoms with Crippen molar-refractivity contribution in [1.82, 2.24) is 0 Å². The molecule has 3 fully saturated rings. The predicted octanol–water partition coefficient (Wildman–Crippen LogP) is 3.25. The molecule has 3 N–H and O–H groups in total. The molecule has 4 unspecified atom stereocenters. The van der Waals surface area contributed by atoms with Gasteiger partial charge < -0.3 is 20.2 Å². The number of ether oxygens (including phenoxy) is 1. The van der Waals surface area contributed by atoms with Crippen molar-refractivity contribution in [2.24, 2.45) is 40.2 Å². The summed E-state index contributed by atoms with van der Waals surface area (Å²) in [6.07, 6.45) is 12.6. The molecule has 27 heavy (non-hydrogen) atoms. The lowest BCUT2D eigenvalue weighted by molar-refractivity contribution is -0.182. The molecule has 4 aliphatic carbocycles. The molecule has 3 saturated carbocycles. The third-order valence-electron chi connectivity index (χ3n) is 8.90. The Bertz CT molecular complexity index is 715. The standard InChI is InChI=1S/C22H31NO4/c1-21-7-4-16-15-3-2-14(23-26)11-17(15)13(12-24)10-18(16)19(21)5-8-22(21)9-6-20(25)27-22/h6,9,11,13,15-16,18-20,24-26H,2-5,7-8,10,12H2,1H3/b23-14+/t13-,15+,16?,18?,19?,20?,21-,22+/m0/s1. The van der Waals surface area contributed by atoms with Gasteiger partial charge in [-0.05, 0) is 80.8 Å². The quantitative estimate of drug-likeness (QED) is 0.374. The summed E-state index contributed by atoms with van der Waals surface area (Å²) in [6, 6.07) is 0. The van der Waals surface area contributed by atoms with Crippen molar-refractivity contribution < 1.29 is 20.2 Å². The van der Waals surface area contributed by atoms with Crippen LogP contribution in [0.4, 0.5) is 0 Å².